The summed E-state index contributed by atoms with van der Waals surface area (Å²) < 4.78 is 79.8. The summed E-state index contributed by atoms with van der Waals surface area (Å²) in [7, 11) is 0. The maximum absolute atomic E-state index is 13.4. The van der Waals surface area contributed by atoms with Crippen LogP contribution in [0.5, 0.6) is 0 Å². The fraction of sp³-hybridized carbons (Fsp3) is 0.333. The van der Waals surface area contributed by atoms with Crippen LogP contribution in [-0.4, -0.2) is 17.1 Å². The van der Waals surface area contributed by atoms with E-state index in [9.17, 15) is 31.1 Å². The number of carbonyl (C=O) groups excluding carboxylic acids is 1. The SMILES string of the molecule is Cc1cc(C(F)(F)F)c2c(N)c(C(=O)NC3=CC=CC(C)(C(F)(F)F)C3)sc2n1. The molecule has 11 heteroatoms. The van der Waals surface area contributed by atoms with Crippen LogP contribution in [-0.2, 0) is 6.18 Å². The molecule has 0 fully saturated rings. The van der Waals surface area contributed by atoms with Crippen LogP contribution in [0.4, 0.5) is 32.0 Å². The second-order valence-corrected chi connectivity index (χ2v) is 7.93. The monoisotopic (exact) mass is 435 g/mol. The number of allylic oxidation sites excluding steroid dienone is 4. The van der Waals surface area contributed by atoms with E-state index in [4.69, 9.17) is 5.73 Å². The van der Waals surface area contributed by atoms with Gasteiger partial charge in [-0.15, -0.1) is 11.3 Å². The zero-order valence-corrected chi connectivity index (χ0v) is 15.9. The molecule has 2 heterocycles. The van der Waals surface area contributed by atoms with Crippen LogP contribution in [0.15, 0.2) is 30.0 Å². The van der Waals surface area contributed by atoms with Crippen molar-refractivity contribution in [3.05, 3.63) is 46.1 Å². The van der Waals surface area contributed by atoms with E-state index < -0.39 is 46.7 Å². The molecule has 2 aromatic rings. The quantitative estimate of drug-likeness (QED) is 0.625. The van der Waals surface area contributed by atoms with E-state index in [1.165, 1.54) is 19.1 Å². The van der Waals surface area contributed by atoms with E-state index in [2.05, 4.69) is 10.3 Å². The third-order valence-corrected chi connectivity index (χ3v) is 5.68. The second kappa shape index (κ2) is 6.75. The average Bonchev–Trinajstić information content (AvgIpc) is 2.89. The lowest BCUT2D eigenvalue weighted by Crippen LogP contribution is -2.37. The van der Waals surface area contributed by atoms with Gasteiger partial charge in [0.25, 0.3) is 5.91 Å². The number of nitrogens with zero attached hydrogens (tertiary/aromatic N) is 1. The van der Waals surface area contributed by atoms with Gasteiger partial charge in [-0.1, -0.05) is 12.2 Å². The summed E-state index contributed by atoms with van der Waals surface area (Å²) in [6.45, 7) is 2.36. The van der Waals surface area contributed by atoms with Crippen LogP contribution in [0.3, 0.4) is 0 Å². The first-order valence-corrected chi connectivity index (χ1v) is 9.08. The minimum atomic E-state index is -4.71. The predicted molar refractivity (Wildman–Crippen MR) is 97.2 cm³/mol. The summed E-state index contributed by atoms with van der Waals surface area (Å²) in [5.41, 5.74) is 2.29. The Balaban J connectivity index is 1.96. The highest BCUT2D eigenvalue weighted by molar-refractivity contribution is 7.21. The van der Waals surface area contributed by atoms with E-state index in [-0.39, 0.29) is 21.1 Å². The molecule has 2 aromatic heterocycles. The van der Waals surface area contributed by atoms with Crippen molar-refractivity contribution in [2.75, 3.05) is 5.73 Å². The normalized spacial score (nSPS) is 20.1. The van der Waals surface area contributed by atoms with E-state index >= 15 is 0 Å². The number of aromatic nitrogens is 1. The highest BCUT2D eigenvalue weighted by Gasteiger charge is 2.50. The van der Waals surface area contributed by atoms with Crippen molar-refractivity contribution < 1.29 is 31.1 Å². The van der Waals surface area contributed by atoms with Gasteiger partial charge in [0.05, 0.1) is 16.7 Å². The van der Waals surface area contributed by atoms with Crippen LogP contribution < -0.4 is 11.1 Å². The molecule has 3 rings (SSSR count). The number of anilines is 1. The van der Waals surface area contributed by atoms with Gasteiger partial charge in [0.2, 0.25) is 0 Å². The Morgan fingerprint density at radius 1 is 1.28 bits per heavy atom. The maximum atomic E-state index is 13.4. The van der Waals surface area contributed by atoms with Crippen LogP contribution >= 0.6 is 11.3 Å². The standard InChI is InChI=1S/C18H15F6N3OS/c1-8-6-10(17(19,20)21)11-12(25)13(29-15(11)26-8)14(28)27-9-4-3-5-16(2,7-9)18(22,23)24/h3-6H,7,25H2,1-2H3,(H,27,28). The lowest BCUT2D eigenvalue weighted by atomic mass is 9.81. The first-order valence-electron chi connectivity index (χ1n) is 8.26. The molecule has 0 radical (unpaired) electrons. The Hall–Kier alpha value is -2.56. The number of halogens is 6. The Bertz CT molecular complexity index is 1050. The molecule has 3 N–H and O–H groups in total. The highest BCUT2D eigenvalue weighted by atomic mass is 32.1. The van der Waals surface area contributed by atoms with E-state index in [0.29, 0.717) is 11.3 Å². The van der Waals surface area contributed by atoms with Gasteiger partial charge in [0, 0.05) is 23.2 Å². The van der Waals surface area contributed by atoms with Gasteiger partial charge in [-0.05, 0) is 26.0 Å². The first-order chi connectivity index (χ1) is 13.2. The summed E-state index contributed by atoms with van der Waals surface area (Å²) in [5.74, 6) is -0.887. The smallest absolute Gasteiger partial charge is 0.397 e. The van der Waals surface area contributed by atoms with Gasteiger partial charge in [0.15, 0.2) is 0 Å². The fourth-order valence-electron chi connectivity index (χ4n) is 3.01. The Labute approximate surface area is 165 Å². The van der Waals surface area contributed by atoms with E-state index in [1.54, 1.807) is 0 Å². The van der Waals surface area contributed by atoms with Crippen LogP contribution in [0.2, 0.25) is 0 Å². The number of aryl methyl sites for hydroxylation is 1. The lowest BCUT2D eigenvalue weighted by molar-refractivity contribution is -0.200. The third kappa shape index (κ3) is 3.83. The number of hydrogen-bond donors (Lipinski definition) is 2. The fourth-order valence-corrected chi connectivity index (χ4v) is 4.07. The van der Waals surface area contributed by atoms with Crippen LogP contribution in [0, 0.1) is 12.3 Å². The molecule has 156 valence electrons. The molecule has 1 amide bonds. The number of thiophene rings is 1. The first kappa shape index (κ1) is 21.2. The van der Waals surface area contributed by atoms with Gasteiger partial charge in [-0.25, -0.2) is 4.98 Å². The summed E-state index contributed by atoms with van der Waals surface area (Å²) in [6.07, 6.45) is -6.30. The molecule has 1 aliphatic rings. The van der Waals surface area contributed by atoms with Gasteiger partial charge in [0.1, 0.15) is 9.71 Å². The molecule has 1 aliphatic carbocycles. The van der Waals surface area contributed by atoms with Gasteiger partial charge in [-0.2, -0.15) is 26.3 Å². The number of fused-ring (bicyclic) bond motifs is 1. The zero-order valence-electron chi connectivity index (χ0n) is 15.1. The summed E-state index contributed by atoms with van der Waals surface area (Å²) in [4.78, 5) is 16.3. The van der Waals surface area contributed by atoms with Gasteiger partial charge >= 0.3 is 12.4 Å². The number of nitrogens with two attached hydrogens (primary N) is 1. The lowest BCUT2D eigenvalue weighted by Gasteiger charge is -2.31. The molecular weight excluding hydrogens is 420 g/mol. The zero-order chi connectivity index (χ0) is 21.8. The van der Waals surface area contributed by atoms with Crippen molar-refractivity contribution in [2.24, 2.45) is 5.41 Å². The van der Waals surface area contributed by atoms with Crippen LogP contribution in [0.1, 0.15) is 34.3 Å². The Morgan fingerprint density at radius 3 is 2.52 bits per heavy atom. The molecule has 0 saturated carbocycles. The van der Waals surface area contributed by atoms with Crippen molar-refractivity contribution in [2.45, 2.75) is 32.6 Å². The van der Waals surface area contributed by atoms with E-state index in [1.807, 2.05) is 0 Å². The number of hydrogen-bond acceptors (Lipinski definition) is 4. The molecule has 0 aromatic carbocycles. The number of pyridine rings is 1. The summed E-state index contributed by atoms with van der Waals surface area (Å²) in [5, 5.41) is 1.94. The molecular formula is C18H15F6N3OS. The minimum Gasteiger partial charge on any atom is -0.397 e. The van der Waals surface area contributed by atoms with Crippen LogP contribution in [0.25, 0.3) is 10.2 Å². The third-order valence-electron chi connectivity index (χ3n) is 4.58. The molecule has 0 saturated heterocycles. The molecule has 0 spiro atoms. The van der Waals surface area contributed by atoms with Crippen molar-refractivity contribution in [1.82, 2.24) is 10.3 Å². The number of amides is 1. The highest BCUT2D eigenvalue weighted by Crippen LogP contribution is 2.46. The number of carbonyl (C=O) groups is 1. The molecule has 29 heavy (non-hydrogen) atoms. The molecule has 0 bridgehead atoms. The summed E-state index contributed by atoms with van der Waals surface area (Å²) in [6, 6.07) is 0.830. The average molecular weight is 435 g/mol. The summed E-state index contributed by atoms with van der Waals surface area (Å²) >= 11 is 0.655. The minimum absolute atomic E-state index is 0.0191. The predicted octanol–water partition coefficient (Wildman–Crippen LogP) is 5.35. The van der Waals surface area contributed by atoms with Gasteiger partial charge in [-0.3, -0.25) is 4.79 Å². The Morgan fingerprint density at radius 2 is 1.93 bits per heavy atom. The van der Waals surface area contributed by atoms with Crippen molar-refractivity contribution in [1.29, 1.82) is 0 Å². The maximum Gasteiger partial charge on any atom is 0.417 e. The molecule has 1 unspecified atom stereocenters. The van der Waals surface area contributed by atoms with Gasteiger partial charge < -0.3 is 11.1 Å². The topological polar surface area (TPSA) is 68.0 Å². The molecule has 0 aliphatic heterocycles. The van der Waals surface area contributed by atoms with Crippen molar-refractivity contribution >= 4 is 33.1 Å². The molecule has 4 nitrogen and oxygen atoms in total. The van der Waals surface area contributed by atoms with Crippen molar-refractivity contribution in [3.63, 3.8) is 0 Å². The Kier molecular flexibility index (Phi) is 4.93. The number of nitrogens with one attached hydrogen (secondary N) is 1. The number of nitrogen functional groups attached to an aromatic ring is 1. The number of rotatable bonds is 2. The second-order valence-electron chi connectivity index (χ2n) is 6.93. The van der Waals surface area contributed by atoms with E-state index in [0.717, 1.165) is 19.1 Å². The largest absolute Gasteiger partial charge is 0.417 e. The molecule has 1 atom stereocenters. The number of alkyl halides is 6. The van der Waals surface area contributed by atoms with Crippen molar-refractivity contribution in [3.8, 4) is 0 Å².